The number of hydrogen-bond acceptors (Lipinski definition) is 2. The second kappa shape index (κ2) is 6.88. The second-order valence-corrected chi connectivity index (χ2v) is 7.47. The fourth-order valence-electron chi connectivity index (χ4n) is 2.38. The molecule has 1 unspecified atom stereocenters. The third kappa shape index (κ3) is 3.51. The van der Waals surface area contributed by atoms with E-state index in [4.69, 9.17) is 0 Å². The number of aryl methyl sites for hydroxylation is 3. The second-order valence-electron chi connectivity index (χ2n) is 5.29. The molecule has 1 aromatic heterocycles. The number of thiophene rings is 1. The number of nitrogens with one attached hydrogen (secondary N) is 1. The van der Waals surface area contributed by atoms with Crippen molar-refractivity contribution in [3.63, 3.8) is 0 Å². The Kier molecular flexibility index (Phi) is 5.42. The summed E-state index contributed by atoms with van der Waals surface area (Å²) in [5, 5.41) is 3.70. The predicted molar refractivity (Wildman–Crippen MR) is 92.8 cm³/mol. The molecular formula is C17H22BrNS. The monoisotopic (exact) mass is 351 g/mol. The van der Waals surface area contributed by atoms with E-state index >= 15 is 0 Å². The molecule has 1 nitrogen and oxygen atoms in total. The molecular weight excluding hydrogens is 330 g/mol. The van der Waals surface area contributed by atoms with Gasteiger partial charge in [-0.05, 0) is 68.6 Å². The maximum Gasteiger partial charge on any atom is 0.0673 e. The molecule has 0 saturated heterocycles. The first-order valence-electron chi connectivity index (χ1n) is 7.09. The van der Waals surface area contributed by atoms with Gasteiger partial charge in [0.15, 0.2) is 0 Å². The van der Waals surface area contributed by atoms with Crippen LogP contribution in [0.3, 0.4) is 0 Å². The van der Waals surface area contributed by atoms with Gasteiger partial charge in [-0.1, -0.05) is 28.9 Å². The van der Waals surface area contributed by atoms with Gasteiger partial charge in [0, 0.05) is 14.2 Å². The molecule has 0 aliphatic carbocycles. The van der Waals surface area contributed by atoms with Crippen LogP contribution in [0.5, 0.6) is 0 Å². The highest BCUT2D eigenvalue weighted by Crippen LogP contribution is 2.32. The number of benzene rings is 1. The van der Waals surface area contributed by atoms with E-state index in [-0.39, 0.29) is 0 Å². The number of hydrogen-bond donors (Lipinski definition) is 1. The highest BCUT2D eigenvalue weighted by Gasteiger charge is 2.18. The molecule has 1 atom stereocenters. The lowest BCUT2D eigenvalue weighted by molar-refractivity contribution is 0.603. The number of rotatable bonds is 5. The van der Waals surface area contributed by atoms with E-state index in [0.29, 0.717) is 6.04 Å². The fourth-order valence-corrected chi connectivity index (χ4v) is 3.81. The van der Waals surface area contributed by atoms with E-state index in [2.05, 4.69) is 73.2 Å². The van der Waals surface area contributed by atoms with Gasteiger partial charge in [-0.2, -0.15) is 0 Å². The van der Waals surface area contributed by atoms with Crippen LogP contribution in [-0.2, 0) is 0 Å². The summed E-state index contributed by atoms with van der Waals surface area (Å²) in [7, 11) is 0. The Morgan fingerprint density at radius 2 is 1.90 bits per heavy atom. The van der Waals surface area contributed by atoms with Gasteiger partial charge < -0.3 is 5.32 Å². The van der Waals surface area contributed by atoms with Crippen molar-refractivity contribution < 1.29 is 0 Å². The summed E-state index contributed by atoms with van der Waals surface area (Å²) in [6.07, 6.45) is 1.15. The zero-order chi connectivity index (χ0) is 14.7. The van der Waals surface area contributed by atoms with E-state index in [9.17, 15) is 0 Å². The molecule has 1 heterocycles. The highest BCUT2D eigenvalue weighted by atomic mass is 79.9. The summed E-state index contributed by atoms with van der Waals surface area (Å²) >= 11 is 5.51. The number of halogens is 1. The molecule has 1 aromatic carbocycles. The minimum Gasteiger partial charge on any atom is -0.306 e. The smallest absolute Gasteiger partial charge is 0.0673 e. The van der Waals surface area contributed by atoms with Gasteiger partial charge in [0.1, 0.15) is 0 Å². The summed E-state index contributed by atoms with van der Waals surface area (Å²) in [5.74, 6) is 0. The van der Waals surface area contributed by atoms with Crippen LogP contribution in [0.25, 0.3) is 0 Å². The molecule has 0 amide bonds. The molecule has 0 saturated carbocycles. The molecule has 2 aromatic rings. The van der Waals surface area contributed by atoms with Crippen LogP contribution in [-0.4, -0.2) is 6.54 Å². The van der Waals surface area contributed by atoms with Crippen LogP contribution in [0.2, 0.25) is 0 Å². The molecule has 0 bridgehead atoms. The van der Waals surface area contributed by atoms with Crippen molar-refractivity contribution >= 4 is 27.3 Å². The summed E-state index contributed by atoms with van der Waals surface area (Å²) in [6.45, 7) is 9.77. The lowest BCUT2D eigenvalue weighted by Crippen LogP contribution is -2.23. The Hall–Kier alpha value is -0.640. The van der Waals surface area contributed by atoms with E-state index in [1.807, 2.05) is 11.3 Å². The summed E-state index contributed by atoms with van der Waals surface area (Å²) in [5.41, 5.74) is 4.02. The lowest BCUT2D eigenvalue weighted by atomic mass is 9.97. The zero-order valence-corrected chi connectivity index (χ0v) is 15.0. The molecule has 108 valence electrons. The Bertz CT molecular complexity index is 589. The Balaban J connectivity index is 2.43. The predicted octanol–water partition coefficient (Wildman–Crippen LogP) is 5.52. The molecule has 1 N–H and O–H groups in total. The Morgan fingerprint density at radius 1 is 1.15 bits per heavy atom. The van der Waals surface area contributed by atoms with Crippen LogP contribution < -0.4 is 5.32 Å². The van der Waals surface area contributed by atoms with E-state index in [1.165, 1.54) is 30.9 Å². The van der Waals surface area contributed by atoms with Gasteiger partial charge in [0.2, 0.25) is 0 Å². The van der Waals surface area contributed by atoms with Gasteiger partial charge in [-0.15, -0.1) is 11.3 Å². The first-order valence-corrected chi connectivity index (χ1v) is 8.70. The van der Waals surface area contributed by atoms with Crippen molar-refractivity contribution in [1.82, 2.24) is 5.32 Å². The normalized spacial score (nSPS) is 12.7. The van der Waals surface area contributed by atoms with Gasteiger partial charge in [-0.3, -0.25) is 0 Å². The largest absolute Gasteiger partial charge is 0.306 e. The minimum atomic E-state index is 0.306. The van der Waals surface area contributed by atoms with E-state index < -0.39 is 0 Å². The quantitative estimate of drug-likeness (QED) is 0.747. The molecule has 0 radical (unpaired) electrons. The fraction of sp³-hybridized carbons (Fsp3) is 0.412. The average Bonchev–Trinajstić information content (AvgIpc) is 2.82. The molecule has 0 aliphatic heterocycles. The van der Waals surface area contributed by atoms with E-state index in [0.717, 1.165) is 13.0 Å². The van der Waals surface area contributed by atoms with Gasteiger partial charge in [-0.25, -0.2) is 0 Å². The highest BCUT2D eigenvalue weighted by molar-refractivity contribution is 9.10. The van der Waals surface area contributed by atoms with Crippen LogP contribution >= 0.6 is 27.3 Å². The third-order valence-corrected chi connectivity index (χ3v) is 5.42. The van der Waals surface area contributed by atoms with Crippen molar-refractivity contribution in [3.05, 3.63) is 55.2 Å². The van der Waals surface area contributed by atoms with Gasteiger partial charge >= 0.3 is 0 Å². The van der Waals surface area contributed by atoms with Crippen molar-refractivity contribution in [2.45, 2.75) is 40.2 Å². The topological polar surface area (TPSA) is 12.0 Å². The van der Waals surface area contributed by atoms with Gasteiger partial charge in [0.25, 0.3) is 0 Å². The van der Waals surface area contributed by atoms with E-state index in [1.54, 1.807) is 0 Å². The maximum atomic E-state index is 3.70. The van der Waals surface area contributed by atoms with Gasteiger partial charge in [0.05, 0.1) is 6.04 Å². The Labute approximate surface area is 134 Å². The van der Waals surface area contributed by atoms with Crippen molar-refractivity contribution in [3.8, 4) is 0 Å². The molecule has 0 aliphatic rings. The van der Waals surface area contributed by atoms with Crippen molar-refractivity contribution in [2.75, 3.05) is 6.54 Å². The van der Waals surface area contributed by atoms with Crippen LogP contribution in [0.4, 0.5) is 0 Å². The molecule has 20 heavy (non-hydrogen) atoms. The molecule has 3 heteroatoms. The first kappa shape index (κ1) is 15.7. The zero-order valence-electron chi connectivity index (χ0n) is 12.6. The lowest BCUT2D eigenvalue weighted by Gasteiger charge is -2.21. The van der Waals surface area contributed by atoms with Crippen molar-refractivity contribution in [2.24, 2.45) is 0 Å². The van der Waals surface area contributed by atoms with Crippen LogP contribution in [0, 0.1) is 20.8 Å². The molecule has 2 rings (SSSR count). The summed E-state index contributed by atoms with van der Waals surface area (Å²) in [4.78, 5) is 2.77. The third-order valence-electron chi connectivity index (χ3n) is 3.50. The first-order chi connectivity index (χ1) is 9.52. The molecule has 0 fully saturated rings. The van der Waals surface area contributed by atoms with Crippen molar-refractivity contribution in [1.29, 1.82) is 0 Å². The average molecular weight is 352 g/mol. The van der Waals surface area contributed by atoms with Crippen LogP contribution in [0.1, 0.15) is 45.8 Å². The summed E-state index contributed by atoms with van der Waals surface area (Å²) in [6, 6.07) is 9.31. The maximum absolute atomic E-state index is 3.70. The Morgan fingerprint density at radius 3 is 2.50 bits per heavy atom. The molecule has 0 spiro atoms. The van der Waals surface area contributed by atoms with Crippen LogP contribution in [0.15, 0.2) is 28.7 Å². The standard InChI is InChI=1S/C17H22BrNS/c1-5-8-19-17(16-7-6-13(4)20-16)14-9-12(3)15(18)10-11(14)2/h6-7,9-10,17,19H,5,8H2,1-4H3. The summed E-state index contributed by atoms with van der Waals surface area (Å²) < 4.78 is 1.19. The SMILES string of the molecule is CCCNC(c1ccc(C)s1)c1cc(C)c(Br)cc1C. The minimum absolute atomic E-state index is 0.306.